The molecule has 4 nitrogen and oxygen atoms in total. The van der Waals surface area contributed by atoms with Gasteiger partial charge in [0.1, 0.15) is 5.75 Å². The SMILES string of the molecule is COc1ccccc1CN1CC[C@@]2(OC)CC[C@H](OCC3CC3)C[C@@H]12. The van der Waals surface area contributed by atoms with Crippen LogP contribution in [0.1, 0.15) is 44.1 Å². The van der Waals surface area contributed by atoms with Gasteiger partial charge in [0.2, 0.25) is 0 Å². The summed E-state index contributed by atoms with van der Waals surface area (Å²) < 4.78 is 17.9. The van der Waals surface area contributed by atoms with Crippen molar-refractivity contribution in [1.82, 2.24) is 4.90 Å². The summed E-state index contributed by atoms with van der Waals surface area (Å²) in [4.78, 5) is 2.59. The second-order valence-corrected chi connectivity index (χ2v) is 7.99. The third kappa shape index (κ3) is 3.57. The Morgan fingerprint density at radius 1 is 1.12 bits per heavy atom. The Labute approximate surface area is 151 Å². The van der Waals surface area contributed by atoms with Gasteiger partial charge in [-0.15, -0.1) is 0 Å². The van der Waals surface area contributed by atoms with Gasteiger partial charge in [-0.05, 0) is 50.5 Å². The number of para-hydroxylation sites is 1. The molecule has 0 N–H and O–H groups in total. The van der Waals surface area contributed by atoms with Crippen molar-refractivity contribution in [2.75, 3.05) is 27.4 Å². The fourth-order valence-corrected chi connectivity index (χ4v) is 4.71. The maximum Gasteiger partial charge on any atom is 0.123 e. The van der Waals surface area contributed by atoms with E-state index in [2.05, 4.69) is 23.1 Å². The molecule has 0 aromatic heterocycles. The molecule has 1 heterocycles. The number of methoxy groups -OCH3 is 2. The molecule has 4 rings (SSSR count). The monoisotopic (exact) mass is 345 g/mol. The molecule has 0 unspecified atom stereocenters. The predicted molar refractivity (Wildman–Crippen MR) is 97.9 cm³/mol. The molecule has 25 heavy (non-hydrogen) atoms. The first-order valence-corrected chi connectivity index (χ1v) is 9.77. The van der Waals surface area contributed by atoms with Gasteiger partial charge >= 0.3 is 0 Å². The largest absolute Gasteiger partial charge is 0.496 e. The lowest BCUT2D eigenvalue weighted by Gasteiger charge is -2.43. The molecular weight excluding hydrogens is 314 g/mol. The van der Waals surface area contributed by atoms with Crippen molar-refractivity contribution < 1.29 is 14.2 Å². The molecule has 2 saturated carbocycles. The van der Waals surface area contributed by atoms with Crippen LogP contribution in [0.3, 0.4) is 0 Å². The third-order valence-corrected chi connectivity index (χ3v) is 6.48. The van der Waals surface area contributed by atoms with Crippen LogP contribution in [-0.2, 0) is 16.0 Å². The average Bonchev–Trinajstić information content (AvgIpc) is 3.42. The van der Waals surface area contributed by atoms with E-state index in [-0.39, 0.29) is 5.60 Å². The maximum absolute atomic E-state index is 6.24. The number of hydrogen-bond donors (Lipinski definition) is 0. The van der Waals surface area contributed by atoms with Gasteiger partial charge in [0, 0.05) is 38.4 Å². The summed E-state index contributed by atoms with van der Waals surface area (Å²) in [6, 6.07) is 8.81. The number of benzene rings is 1. The van der Waals surface area contributed by atoms with Crippen molar-refractivity contribution >= 4 is 0 Å². The topological polar surface area (TPSA) is 30.9 Å². The highest BCUT2D eigenvalue weighted by Crippen LogP contribution is 2.44. The van der Waals surface area contributed by atoms with E-state index in [0.29, 0.717) is 12.1 Å². The molecule has 3 fully saturated rings. The average molecular weight is 345 g/mol. The van der Waals surface area contributed by atoms with E-state index in [0.717, 1.165) is 57.0 Å². The second kappa shape index (κ2) is 7.26. The summed E-state index contributed by atoms with van der Waals surface area (Å²) in [5, 5.41) is 0. The summed E-state index contributed by atoms with van der Waals surface area (Å²) in [7, 11) is 3.65. The minimum Gasteiger partial charge on any atom is -0.496 e. The number of fused-ring (bicyclic) bond motifs is 1. The van der Waals surface area contributed by atoms with Crippen LogP contribution in [-0.4, -0.2) is 50.0 Å². The molecular formula is C21H31NO3. The fourth-order valence-electron chi connectivity index (χ4n) is 4.71. The first-order chi connectivity index (χ1) is 12.2. The zero-order valence-electron chi connectivity index (χ0n) is 15.6. The molecule has 3 atom stereocenters. The lowest BCUT2D eigenvalue weighted by molar-refractivity contribution is -0.103. The van der Waals surface area contributed by atoms with Gasteiger partial charge < -0.3 is 14.2 Å². The summed E-state index contributed by atoms with van der Waals surface area (Å²) in [5.41, 5.74) is 1.28. The van der Waals surface area contributed by atoms with Gasteiger partial charge in [0.25, 0.3) is 0 Å². The molecule has 1 aliphatic heterocycles. The van der Waals surface area contributed by atoms with E-state index < -0.39 is 0 Å². The normalized spacial score (nSPS) is 32.6. The molecule has 2 aliphatic carbocycles. The quantitative estimate of drug-likeness (QED) is 0.755. The Kier molecular flexibility index (Phi) is 5.03. The molecule has 4 heteroatoms. The van der Waals surface area contributed by atoms with E-state index in [1.54, 1.807) is 7.11 Å². The molecule has 1 aromatic rings. The predicted octanol–water partition coefficient (Wildman–Crippen LogP) is 3.63. The minimum atomic E-state index is 0.0153. The second-order valence-electron chi connectivity index (χ2n) is 7.99. The zero-order valence-corrected chi connectivity index (χ0v) is 15.6. The van der Waals surface area contributed by atoms with Gasteiger partial charge in [0.05, 0.1) is 18.8 Å². The first kappa shape index (κ1) is 17.3. The Balaban J connectivity index is 1.46. The van der Waals surface area contributed by atoms with Gasteiger partial charge in [-0.25, -0.2) is 0 Å². The molecule has 138 valence electrons. The van der Waals surface area contributed by atoms with Crippen LogP contribution < -0.4 is 4.74 Å². The smallest absolute Gasteiger partial charge is 0.123 e. The highest BCUT2D eigenvalue weighted by atomic mass is 16.5. The van der Waals surface area contributed by atoms with Crippen LogP contribution >= 0.6 is 0 Å². The minimum absolute atomic E-state index is 0.0153. The van der Waals surface area contributed by atoms with Crippen LogP contribution in [0.5, 0.6) is 5.75 Å². The van der Waals surface area contributed by atoms with E-state index in [9.17, 15) is 0 Å². The van der Waals surface area contributed by atoms with E-state index in [1.165, 1.54) is 18.4 Å². The van der Waals surface area contributed by atoms with Gasteiger partial charge in [0.15, 0.2) is 0 Å². The van der Waals surface area contributed by atoms with E-state index >= 15 is 0 Å². The molecule has 1 aromatic carbocycles. The van der Waals surface area contributed by atoms with Crippen molar-refractivity contribution in [2.45, 2.75) is 62.8 Å². The standard InChI is InChI=1S/C21H31NO3/c1-23-19-6-4-3-5-17(19)14-22-12-11-21(24-2)10-9-18(13-20(21)22)25-15-16-7-8-16/h3-6,16,18,20H,7-15H2,1-2H3/t18-,20+,21-/m0/s1. The Hall–Kier alpha value is -1.10. The summed E-state index contributed by atoms with van der Waals surface area (Å²) in [6.07, 6.45) is 7.59. The fraction of sp³-hybridized carbons (Fsp3) is 0.714. The summed E-state index contributed by atoms with van der Waals surface area (Å²) >= 11 is 0. The van der Waals surface area contributed by atoms with Gasteiger partial charge in [-0.3, -0.25) is 4.90 Å². The summed E-state index contributed by atoms with van der Waals surface area (Å²) in [5.74, 6) is 1.82. The van der Waals surface area contributed by atoms with Crippen LogP contribution in [0.2, 0.25) is 0 Å². The van der Waals surface area contributed by atoms with Gasteiger partial charge in [-0.1, -0.05) is 18.2 Å². The zero-order chi connectivity index (χ0) is 17.3. The number of rotatable bonds is 7. The lowest BCUT2D eigenvalue weighted by atomic mass is 9.79. The highest BCUT2D eigenvalue weighted by molar-refractivity contribution is 5.33. The van der Waals surface area contributed by atoms with Crippen LogP contribution in [0.25, 0.3) is 0 Å². The third-order valence-electron chi connectivity index (χ3n) is 6.48. The Bertz CT molecular complexity index is 588. The van der Waals surface area contributed by atoms with Crippen LogP contribution in [0.4, 0.5) is 0 Å². The highest BCUT2D eigenvalue weighted by Gasteiger charge is 2.51. The molecule has 0 radical (unpaired) electrons. The van der Waals surface area contributed by atoms with Crippen molar-refractivity contribution in [1.29, 1.82) is 0 Å². The Morgan fingerprint density at radius 3 is 2.72 bits per heavy atom. The molecule has 1 saturated heterocycles. The van der Waals surface area contributed by atoms with E-state index in [1.807, 2.05) is 13.2 Å². The van der Waals surface area contributed by atoms with Crippen molar-refractivity contribution in [3.05, 3.63) is 29.8 Å². The number of nitrogens with zero attached hydrogens (tertiary/aromatic N) is 1. The van der Waals surface area contributed by atoms with Crippen molar-refractivity contribution in [3.8, 4) is 5.75 Å². The lowest BCUT2D eigenvalue weighted by Crippen LogP contribution is -2.51. The van der Waals surface area contributed by atoms with Crippen molar-refractivity contribution in [3.63, 3.8) is 0 Å². The van der Waals surface area contributed by atoms with Crippen LogP contribution in [0, 0.1) is 5.92 Å². The summed E-state index contributed by atoms with van der Waals surface area (Å²) in [6.45, 7) is 2.98. The maximum atomic E-state index is 6.24. The Morgan fingerprint density at radius 2 is 1.96 bits per heavy atom. The molecule has 0 amide bonds. The molecule has 0 bridgehead atoms. The van der Waals surface area contributed by atoms with Crippen LogP contribution in [0.15, 0.2) is 24.3 Å². The van der Waals surface area contributed by atoms with Gasteiger partial charge in [-0.2, -0.15) is 0 Å². The molecule has 3 aliphatic rings. The first-order valence-electron chi connectivity index (χ1n) is 9.77. The number of ether oxygens (including phenoxy) is 3. The number of likely N-dealkylation sites (tertiary alicyclic amines) is 1. The van der Waals surface area contributed by atoms with Crippen molar-refractivity contribution in [2.24, 2.45) is 5.92 Å². The molecule has 0 spiro atoms. The van der Waals surface area contributed by atoms with E-state index in [4.69, 9.17) is 14.2 Å². The number of hydrogen-bond acceptors (Lipinski definition) is 4.